The molecule has 8 aromatic carbocycles. The summed E-state index contributed by atoms with van der Waals surface area (Å²) in [6.07, 6.45) is 21.0. The molecule has 0 atom stereocenters. The molecular formula is C119H180. The molecule has 0 saturated carbocycles. The summed E-state index contributed by atoms with van der Waals surface area (Å²) in [7, 11) is 0. The van der Waals surface area contributed by atoms with Crippen LogP contribution in [0.15, 0.2) is 115 Å². The fourth-order valence-corrected chi connectivity index (χ4v) is 18.0. The van der Waals surface area contributed by atoms with Gasteiger partial charge in [0.1, 0.15) is 0 Å². The van der Waals surface area contributed by atoms with Crippen LogP contribution in [-0.4, -0.2) is 0 Å². The van der Waals surface area contributed by atoms with Crippen molar-refractivity contribution in [3.8, 4) is 0 Å². The first-order chi connectivity index (χ1) is 53.8. The van der Waals surface area contributed by atoms with E-state index >= 15 is 0 Å². The second kappa shape index (κ2) is 36.7. The van der Waals surface area contributed by atoms with E-state index < -0.39 is 0 Å². The maximum absolute atomic E-state index is 2.48. The zero-order valence-corrected chi connectivity index (χ0v) is 85.8. The molecule has 0 bridgehead atoms. The van der Waals surface area contributed by atoms with Gasteiger partial charge in [-0.15, -0.1) is 0 Å². The Morgan fingerprint density at radius 2 is 0.370 bits per heavy atom. The normalized spacial score (nSPS) is 15.3. The molecule has 8 aromatic rings. The van der Waals surface area contributed by atoms with Crippen LogP contribution in [0.2, 0.25) is 0 Å². The first kappa shape index (κ1) is 100. The fourth-order valence-electron chi connectivity index (χ4n) is 18.0. The standard InChI is InChI=1S/2C18H28.C18H24.2C17H26.C16H24.C15H24/c3*1-17(2,3)14-11-13-9-7-8-10-15(13)16(12-14)18(4,5)6;2*1-16(2,3)13-10-12-8-7-9-14(12)15(11-13)17(4,5)6;1-15(2,3)12-9-11-7-8-13(11)14(10-12)16(4,5)6;1-11-8-12(14(2,3)4)10-13(9-11)15(5,6)7/h2*11-12H,7-10H2,1-6H3;7-12H,1-6H3;2*10-11H,7-9H2,1-6H3;9-10H,7-8H2,1-6H3;8-10H,1-7H3. The van der Waals surface area contributed by atoms with Crippen LogP contribution in [-0.2, 0) is 140 Å². The van der Waals surface area contributed by atoms with E-state index in [1.807, 2.05) is 0 Å². The number of hydrogen-bond donors (Lipinski definition) is 0. The summed E-state index contributed by atoms with van der Waals surface area (Å²) in [4.78, 5) is 0. The summed E-state index contributed by atoms with van der Waals surface area (Å²) in [6, 6.07) is 45.0. The first-order valence-electron chi connectivity index (χ1n) is 47.3. The Labute approximate surface area is 736 Å². The Bertz CT molecular complexity index is 4550. The lowest BCUT2D eigenvalue weighted by Gasteiger charge is -2.33. The summed E-state index contributed by atoms with van der Waals surface area (Å²) >= 11 is 0. The molecule has 0 spiro atoms. The highest BCUT2D eigenvalue weighted by atomic mass is 14.4. The van der Waals surface area contributed by atoms with Crippen LogP contribution >= 0.6 is 0 Å². The molecule has 119 heavy (non-hydrogen) atoms. The van der Waals surface area contributed by atoms with Crippen molar-refractivity contribution in [3.05, 3.63) is 254 Å². The Balaban J connectivity index is 0.000000192. The van der Waals surface area contributed by atoms with Crippen LogP contribution in [0, 0.1) is 6.92 Å². The molecule has 5 aliphatic carbocycles. The zero-order valence-electron chi connectivity index (χ0n) is 85.8. The number of benzene rings is 8. The smallest absolute Gasteiger partial charge is 0.0126 e. The lowest BCUT2D eigenvalue weighted by Crippen LogP contribution is -2.24. The third kappa shape index (κ3) is 27.0. The van der Waals surface area contributed by atoms with Crippen molar-refractivity contribution in [3.63, 3.8) is 0 Å². The maximum atomic E-state index is 2.48. The van der Waals surface area contributed by atoms with E-state index in [1.54, 1.807) is 83.5 Å². The monoisotopic (exact) mass is 1610 g/mol. The average Bonchev–Trinajstić information content (AvgIpc) is 1.60. The second-order valence-electron chi connectivity index (χ2n) is 51.8. The summed E-state index contributed by atoms with van der Waals surface area (Å²) in [6.45, 7) is 99.4. The van der Waals surface area contributed by atoms with E-state index in [9.17, 15) is 0 Å². The molecule has 656 valence electrons. The topological polar surface area (TPSA) is 0 Å². The van der Waals surface area contributed by atoms with E-state index in [1.165, 1.54) is 169 Å². The molecule has 0 aliphatic heterocycles. The predicted octanol–water partition coefficient (Wildman–Crippen LogP) is 34.3. The van der Waals surface area contributed by atoms with Gasteiger partial charge >= 0.3 is 0 Å². The van der Waals surface area contributed by atoms with Gasteiger partial charge in [0.15, 0.2) is 0 Å². The SMILES string of the molecule is CC(C)(C)c1cc(C(C)(C)C)c2ccccc2c1.CC(C)(C)c1cc2c(c(C(C)(C)C)c1)CC2.CC(C)(C)c1cc2c(c(C(C)(C)C)c1)CCC2.CC(C)(C)c1cc2c(c(C(C)(C)C)c1)CCC2.CC(C)(C)c1cc2c(c(C(C)(C)C)c1)CCCC2.CC(C)(C)c1cc2c(c(C(C)(C)C)c1)CCCC2.Cc1cc(C(C)(C)C)cc(C(C)(C)C)c1. The van der Waals surface area contributed by atoms with Gasteiger partial charge < -0.3 is 0 Å². The third-order valence-electron chi connectivity index (χ3n) is 26.1. The number of fused-ring (bicyclic) bond motifs is 6. The fraction of sp³-hybridized carbons (Fsp3) is 0.613. The summed E-state index contributed by atoms with van der Waals surface area (Å²) in [5.74, 6) is 0. The van der Waals surface area contributed by atoms with Gasteiger partial charge in [-0.05, 0) is 330 Å². The highest BCUT2D eigenvalue weighted by Gasteiger charge is 2.34. The molecule has 0 fully saturated rings. The molecule has 0 heterocycles. The van der Waals surface area contributed by atoms with Crippen LogP contribution in [0.1, 0.15) is 468 Å². The van der Waals surface area contributed by atoms with Crippen LogP contribution in [0.4, 0.5) is 0 Å². The van der Waals surface area contributed by atoms with Crippen molar-refractivity contribution >= 4 is 10.8 Å². The molecule has 0 saturated heterocycles. The van der Waals surface area contributed by atoms with Crippen LogP contribution in [0.5, 0.6) is 0 Å². The molecule has 0 radical (unpaired) electrons. The van der Waals surface area contributed by atoms with Crippen molar-refractivity contribution in [2.45, 2.75) is 476 Å². The number of hydrogen-bond acceptors (Lipinski definition) is 0. The highest BCUT2D eigenvalue weighted by molar-refractivity contribution is 5.87. The largest absolute Gasteiger partial charge is 0.0616 e. The van der Waals surface area contributed by atoms with E-state index in [2.05, 4.69) is 413 Å². The molecule has 0 aromatic heterocycles. The molecule has 13 rings (SSSR count). The molecule has 0 heteroatoms. The summed E-state index contributed by atoms with van der Waals surface area (Å²) in [5.41, 5.74) is 42.4. The molecule has 0 N–H and O–H groups in total. The van der Waals surface area contributed by atoms with Crippen LogP contribution in [0.25, 0.3) is 10.8 Å². The molecular weight excluding hydrogens is 1430 g/mol. The minimum absolute atomic E-state index is 0.181. The quantitative estimate of drug-likeness (QED) is 0.142. The maximum Gasteiger partial charge on any atom is -0.0126 e. The summed E-state index contributed by atoms with van der Waals surface area (Å²) in [5, 5.41) is 2.74. The highest BCUT2D eigenvalue weighted by Crippen LogP contribution is 2.45. The van der Waals surface area contributed by atoms with Gasteiger partial charge in [-0.3, -0.25) is 0 Å². The van der Waals surface area contributed by atoms with E-state index in [0.717, 1.165) is 0 Å². The number of rotatable bonds is 0. The average molecular weight is 1610 g/mol. The Morgan fingerprint density at radius 3 is 0.613 bits per heavy atom. The van der Waals surface area contributed by atoms with Gasteiger partial charge in [0.25, 0.3) is 0 Å². The van der Waals surface area contributed by atoms with Crippen LogP contribution in [0.3, 0.4) is 0 Å². The lowest BCUT2D eigenvalue weighted by atomic mass is 9.71. The molecule has 5 aliphatic rings. The van der Waals surface area contributed by atoms with Gasteiger partial charge in [0.05, 0.1) is 0 Å². The van der Waals surface area contributed by atoms with Gasteiger partial charge in [-0.25, -0.2) is 0 Å². The minimum Gasteiger partial charge on any atom is -0.0616 e. The Morgan fingerprint density at radius 1 is 0.168 bits per heavy atom. The summed E-state index contributed by atoms with van der Waals surface area (Å²) < 4.78 is 0. The van der Waals surface area contributed by atoms with E-state index in [4.69, 9.17) is 0 Å². The van der Waals surface area contributed by atoms with Crippen molar-refractivity contribution in [1.29, 1.82) is 0 Å². The van der Waals surface area contributed by atoms with Gasteiger partial charge in [0, 0.05) is 0 Å². The van der Waals surface area contributed by atoms with Crippen molar-refractivity contribution < 1.29 is 0 Å². The van der Waals surface area contributed by atoms with Crippen molar-refractivity contribution in [2.24, 2.45) is 0 Å². The second-order valence-corrected chi connectivity index (χ2v) is 51.8. The van der Waals surface area contributed by atoms with Gasteiger partial charge in [-0.2, -0.15) is 0 Å². The number of aryl methyl sites for hydroxylation is 6. The van der Waals surface area contributed by atoms with Gasteiger partial charge in [0.2, 0.25) is 0 Å². The van der Waals surface area contributed by atoms with Crippen molar-refractivity contribution in [1.82, 2.24) is 0 Å². The van der Waals surface area contributed by atoms with Crippen molar-refractivity contribution in [2.75, 3.05) is 0 Å². The Kier molecular flexibility index (Phi) is 30.9. The lowest BCUT2D eigenvalue weighted by molar-refractivity contribution is 0.550. The molecule has 0 nitrogen and oxygen atoms in total. The predicted molar refractivity (Wildman–Crippen MR) is 534 cm³/mol. The first-order valence-corrected chi connectivity index (χ1v) is 47.3. The Hall–Kier alpha value is -5.98. The van der Waals surface area contributed by atoms with E-state index in [0.29, 0.717) is 0 Å². The minimum atomic E-state index is 0.181. The molecule has 0 unspecified atom stereocenters. The third-order valence-corrected chi connectivity index (χ3v) is 26.1. The molecule has 0 amide bonds. The zero-order chi connectivity index (χ0) is 90.3. The van der Waals surface area contributed by atoms with Gasteiger partial charge in [-0.1, -0.05) is 412 Å². The van der Waals surface area contributed by atoms with E-state index in [-0.39, 0.29) is 75.8 Å². The van der Waals surface area contributed by atoms with Crippen LogP contribution < -0.4 is 0 Å².